The molecular formula is C25H37FO4. The fourth-order valence-corrected chi connectivity index (χ4v) is 4.42. The van der Waals surface area contributed by atoms with E-state index < -0.39 is 12.6 Å². The fraction of sp³-hybridized carbons (Fsp3) is 0.640. The summed E-state index contributed by atoms with van der Waals surface area (Å²) in [6, 6.07) is 5.79. The number of halogens is 1. The SMILES string of the molecule is C=C(CO)C(=O)OCC(COC)C1CCC(c2ccc(CCCCC)cc2F)CC1. The third-order valence-corrected chi connectivity index (χ3v) is 6.30. The summed E-state index contributed by atoms with van der Waals surface area (Å²) < 4.78 is 25.4. The van der Waals surface area contributed by atoms with E-state index in [9.17, 15) is 9.18 Å². The monoisotopic (exact) mass is 420 g/mol. The molecule has 4 nitrogen and oxygen atoms in total. The molecule has 0 bridgehead atoms. The summed E-state index contributed by atoms with van der Waals surface area (Å²) in [7, 11) is 1.64. The molecule has 1 atom stereocenters. The van der Waals surface area contributed by atoms with Gasteiger partial charge in [0.2, 0.25) is 0 Å². The van der Waals surface area contributed by atoms with Gasteiger partial charge in [0.05, 0.1) is 25.4 Å². The number of rotatable bonds is 12. The van der Waals surface area contributed by atoms with Crippen LogP contribution in [0, 0.1) is 17.7 Å². The van der Waals surface area contributed by atoms with Crippen LogP contribution in [0.15, 0.2) is 30.4 Å². The van der Waals surface area contributed by atoms with Gasteiger partial charge >= 0.3 is 5.97 Å². The molecule has 1 aromatic carbocycles. The highest BCUT2D eigenvalue weighted by atomic mass is 19.1. The minimum absolute atomic E-state index is 0.0588. The van der Waals surface area contributed by atoms with Crippen molar-refractivity contribution >= 4 is 5.97 Å². The van der Waals surface area contributed by atoms with E-state index in [-0.39, 0.29) is 29.8 Å². The highest BCUT2D eigenvalue weighted by molar-refractivity contribution is 5.87. The zero-order valence-electron chi connectivity index (χ0n) is 18.5. The summed E-state index contributed by atoms with van der Waals surface area (Å²) in [5.74, 6) is 0.0709. The molecule has 0 saturated heterocycles. The number of aliphatic hydroxyl groups is 1. The van der Waals surface area contributed by atoms with Crippen molar-refractivity contribution in [3.05, 3.63) is 47.3 Å². The van der Waals surface area contributed by atoms with Gasteiger partial charge in [0, 0.05) is 13.0 Å². The Morgan fingerprint density at radius 1 is 1.23 bits per heavy atom. The van der Waals surface area contributed by atoms with Gasteiger partial charge in [-0.25, -0.2) is 9.18 Å². The van der Waals surface area contributed by atoms with Crippen molar-refractivity contribution in [2.75, 3.05) is 26.9 Å². The number of hydrogen-bond donors (Lipinski definition) is 1. The maximum Gasteiger partial charge on any atom is 0.335 e. The second-order valence-corrected chi connectivity index (χ2v) is 8.50. The van der Waals surface area contributed by atoms with E-state index in [1.165, 1.54) is 12.8 Å². The smallest absolute Gasteiger partial charge is 0.335 e. The van der Waals surface area contributed by atoms with Crippen LogP contribution in [-0.2, 0) is 20.7 Å². The molecule has 0 heterocycles. The minimum atomic E-state index is -0.562. The number of unbranched alkanes of at least 4 members (excludes halogenated alkanes) is 2. The van der Waals surface area contributed by atoms with Gasteiger partial charge in [-0.3, -0.25) is 0 Å². The van der Waals surface area contributed by atoms with Crippen molar-refractivity contribution in [3.63, 3.8) is 0 Å². The van der Waals surface area contributed by atoms with Crippen LogP contribution in [-0.4, -0.2) is 38.0 Å². The molecule has 0 aromatic heterocycles. The molecule has 1 unspecified atom stereocenters. The van der Waals surface area contributed by atoms with Gasteiger partial charge in [-0.1, -0.05) is 38.5 Å². The second-order valence-electron chi connectivity index (χ2n) is 8.50. The molecule has 1 N–H and O–H groups in total. The lowest BCUT2D eigenvalue weighted by Gasteiger charge is -2.33. The first-order valence-corrected chi connectivity index (χ1v) is 11.2. The van der Waals surface area contributed by atoms with E-state index in [0.29, 0.717) is 12.5 Å². The normalized spacial score (nSPS) is 20.0. The lowest BCUT2D eigenvalue weighted by Crippen LogP contribution is -2.29. The summed E-state index contributed by atoms with van der Waals surface area (Å²) in [6.45, 7) is 6.03. The predicted octanol–water partition coefficient (Wildman–Crippen LogP) is 5.19. The topological polar surface area (TPSA) is 55.8 Å². The molecule has 0 amide bonds. The predicted molar refractivity (Wildman–Crippen MR) is 117 cm³/mol. The molecule has 1 aromatic rings. The number of aryl methyl sites for hydroxylation is 1. The van der Waals surface area contributed by atoms with Gasteiger partial charge in [-0.15, -0.1) is 0 Å². The number of carbonyl (C=O) groups is 1. The summed E-state index contributed by atoms with van der Waals surface area (Å²) >= 11 is 0. The Bertz CT molecular complexity index is 680. The highest BCUT2D eigenvalue weighted by Crippen LogP contribution is 2.40. The van der Waals surface area contributed by atoms with Gasteiger partial charge in [0.1, 0.15) is 5.82 Å². The van der Waals surface area contributed by atoms with E-state index in [0.717, 1.165) is 49.7 Å². The van der Waals surface area contributed by atoms with E-state index in [2.05, 4.69) is 19.6 Å². The van der Waals surface area contributed by atoms with Crippen molar-refractivity contribution in [1.82, 2.24) is 0 Å². The molecule has 1 aliphatic carbocycles. The third-order valence-electron chi connectivity index (χ3n) is 6.30. The van der Waals surface area contributed by atoms with Crippen molar-refractivity contribution < 1.29 is 23.8 Å². The van der Waals surface area contributed by atoms with Crippen LogP contribution in [0.2, 0.25) is 0 Å². The molecular weight excluding hydrogens is 383 g/mol. The Morgan fingerprint density at radius 2 is 1.97 bits per heavy atom. The van der Waals surface area contributed by atoms with E-state index >= 15 is 0 Å². The molecule has 0 spiro atoms. The first kappa shape index (κ1) is 24.5. The number of carbonyl (C=O) groups excluding carboxylic acids is 1. The Labute approximate surface area is 180 Å². The van der Waals surface area contributed by atoms with Crippen LogP contribution >= 0.6 is 0 Å². The lowest BCUT2D eigenvalue weighted by molar-refractivity contribution is -0.142. The molecule has 0 aliphatic heterocycles. The van der Waals surface area contributed by atoms with Gasteiger partial charge in [-0.05, 0) is 67.6 Å². The van der Waals surface area contributed by atoms with Crippen LogP contribution in [0.3, 0.4) is 0 Å². The van der Waals surface area contributed by atoms with Crippen LogP contribution in [0.4, 0.5) is 4.39 Å². The van der Waals surface area contributed by atoms with Crippen molar-refractivity contribution in [2.24, 2.45) is 11.8 Å². The molecule has 1 fully saturated rings. The standard InChI is InChI=1S/C25H37FO4/c1-4-5-6-7-19-8-13-23(24(26)14-19)21-11-9-20(10-12-21)22(16-29-3)17-30-25(28)18(2)15-27/h8,13-14,20-22,27H,2,4-7,9-12,15-17H2,1,3H3. The maximum atomic E-state index is 14.7. The quantitative estimate of drug-likeness (QED) is 0.287. The summed E-state index contributed by atoms with van der Waals surface area (Å²) in [5, 5.41) is 9.00. The molecule has 1 saturated carbocycles. The average molecular weight is 421 g/mol. The Balaban J connectivity index is 1.90. The number of aliphatic hydroxyl groups excluding tert-OH is 1. The second kappa shape index (κ2) is 12.9. The molecule has 5 heteroatoms. The van der Waals surface area contributed by atoms with Crippen LogP contribution < -0.4 is 0 Å². The van der Waals surface area contributed by atoms with E-state index in [4.69, 9.17) is 14.6 Å². The Kier molecular flexibility index (Phi) is 10.5. The largest absolute Gasteiger partial charge is 0.462 e. The van der Waals surface area contributed by atoms with Gasteiger partial charge in [0.25, 0.3) is 0 Å². The van der Waals surface area contributed by atoms with Gasteiger partial charge < -0.3 is 14.6 Å². The zero-order chi connectivity index (χ0) is 21.9. The van der Waals surface area contributed by atoms with Gasteiger partial charge in [0.15, 0.2) is 0 Å². The average Bonchev–Trinajstić information content (AvgIpc) is 2.76. The number of benzene rings is 1. The third kappa shape index (κ3) is 7.21. The molecule has 0 radical (unpaired) electrons. The van der Waals surface area contributed by atoms with Crippen LogP contribution in [0.1, 0.15) is 68.9 Å². The lowest BCUT2D eigenvalue weighted by atomic mass is 9.74. The van der Waals surface area contributed by atoms with Crippen LogP contribution in [0.5, 0.6) is 0 Å². The minimum Gasteiger partial charge on any atom is -0.462 e. The summed E-state index contributed by atoms with van der Waals surface area (Å²) in [5.41, 5.74) is 1.98. The van der Waals surface area contributed by atoms with E-state index in [1.807, 2.05) is 6.07 Å². The number of ether oxygens (including phenoxy) is 2. The number of hydrogen-bond acceptors (Lipinski definition) is 4. The molecule has 30 heavy (non-hydrogen) atoms. The summed E-state index contributed by atoms with van der Waals surface area (Å²) in [4.78, 5) is 11.8. The number of esters is 1. The highest BCUT2D eigenvalue weighted by Gasteiger charge is 2.30. The van der Waals surface area contributed by atoms with Crippen molar-refractivity contribution in [1.29, 1.82) is 0 Å². The first-order valence-electron chi connectivity index (χ1n) is 11.2. The van der Waals surface area contributed by atoms with E-state index in [1.54, 1.807) is 13.2 Å². The zero-order valence-corrected chi connectivity index (χ0v) is 18.5. The van der Waals surface area contributed by atoms with Crippen molar-refractivity contribution in [2.45, 2.75) is 64.2 Å². The Hall–Kier alpha value is -1.72. The van der Waals surface area contributed by atoms with Crippen molar-refractivity contribution in [3.8, 4) is 0 Å². The number of methoxy groups -OCH3 is 1. The van der Waals surface area contributed by atoms with Crippen LogP contribution in [0.25, 0.3) is 0 Å². The summed E-state index contributed by atoms with van der Waals surface area (Å²) in [6.07, 6.45) is 8.16. The van der Waals surface area contributed by atoms with Gasteiger partial charge in [-0.2, -0.15) is 0 Å². The maximum absolute atomic E-state index is 14.7. The fourth-order valence-electron chi connectivity index (χ4n) is 4.42. The Morgan fingerprint density at radius 3 is 2.57 bits per heavy atom. The molecule has 168 valence electrons. The molecule has 2 rings (SSSR count). The first-order chi connectivity index (χ1) is 14.5. The molecule has 1 aliphatic rings.